The SMILES string of the molecule is CC(C)OCc1ccc(C(=O)N[C@H]2CCOc3ccccc32)cc1. The molecule has 24 heavy (non-hydrogen) atoms. The van der Waals surface area contributed by atoms with Crippen molar-refractivity contribution in [2.45, 2.75) is 39.0 Å². The molecule has 4 nitrogen and oxygen atoms in total. The van der Waals surface area contributed by atoms with Crippen LogP contribution in [0.4, 0.5) is 0 Å². The van der Waals surface area contributed by atoms with Gasteiger partial charge in [0.05, 0.1) is 25.4 Å². The minimum atomic E-state index is -0.0620. The molecular weight excluding hydrogens is 302 g/mol. The van der Waals surface area contributed by atoms with Crippen LogP contribution in [0, 0.1) is 0 Å². The van der Waals surface area contributed by atoms with E-state index in [0.29, 0.717) is 18.8 Å². The first-order chi connectivity index (χ1) is 11.6. The zero-order valence-electron chi connectivity index (χ0n) is 14.1. The number of benzene rings is 2. The van der Waals surface area contributed by atoms with Gasteiger partial charge in [0, 0.05) is 17.5 Å². The van der Waals surface area contributed by atoms with Crippen LogP contribution in [0.5, 0.6) is 5.75 Å². The second-order valence-electron chi connectivity index (χ2n) is 6.26. The van der Waals surface area contributed by atoms with Crippen LogP contribution in [0.25, 0.3) is 0 Å². The Balaban J connectivity index is 1.65. The summed E-state index contributed by atoms with van der Waals surface area (Å²) in [7, 11) is 0. The second kappa shape index (κ2) is 7.49. The Morgan fingerprint density at radius 3 is 2.71 bits per heavy atom. The number of rotatable bonds is 5. The molecule has 0 radical (unpaired) electrons. The number of hydrogen-bond donors (Lipinski definition) is 1. The highest BCUT2D eigenvalue weighted by Gasteiger charge is 2.22. The topological polar surface area (TPSA) is 47.6 Å². The van der Waals surface area contributed by atoms with Gasteiger partial charge in [0.25, 0.3) is 5.91 Å². The summed E-state index contributed by atoms with van der Waals surface area (Å²) in [5.41, 5.74) is 2.77. The molecule has 2 aromatic rings. The van der Waals surface area contributed by atoms with Gasteiger partial charge in [-0.05, 0) is 37.6 Å². The number of ether oxygens (including phenoxy) is 2. The number of hydrogen-bond acceptors (Lipinski definition) is 3. The summed E-state index contributed by atoms with van der Waals surface area (Å²) in [4.78, 5) is 12.5. The van der Waals surface area contributed by atoms with E-state index < -0.39 is 0 Å². The molecule has 3 rings (SSSR count). The fraction of sp³-hybridized carbons (Fsp3) is 0.350. The van der Waals surface area contributed by atoms with Crippen LogP contribution < -0.4 is 10.1 Å². The number of nitrogens with one attached hydrogen (secondary N) is 1. The van der Waals surface area contributed by atoms with Crippen molar-refractivity contribution in [2.75, 3.05) is 6.61 Å². The summed E-state index contributed by atoms with van der Waals surface area (Å²) in [6, 6.07) is 15.4. The predicted octanol–water partition coefficient (Wildman–Crippen LogP) is 3.87. The number of carbonyl (C=O) groups is 1. The molecule has 1 atom stereocenters. The van der Waals surface area contributed by atoms with Crippen LogP contribution in [-0.2, 0) is 11.3 Å². The molecule has 0 saturated heterocycles. The first-order valence-corrected chi connectivity index (χ1v) is 8.36. The predicted molar refractivity (Wildman–Crippen MR) is 93.1 cm³/mol. The van der Waals surface area contributed by atoms with Gasteiger partial charge >= 0.3 is 0 Å². The summed E-state index contributed by atoms with van der Waals surface area (Å²) in [6.45, 7) is 5.20. The molecular formula is C20H23NO3. The van der Waals surface area contributed by atoms with Crippen LogP contribution in [0.1, 0.15) is 47.8 Å². The minimum absolute atomic E-state index is 0.00796. The number of fused-ring (bicyclic) bond motifs is 1. The third-order valence-electron chi connectivity index (χ3n) is 4.06. The van der Waals surface area contributed by atoms with E-state index >= 15 is 0 Å². The van der Waals surface area contributed by atoms with Crippen LogP contribution >= 0.6 is 0 Å². The third kappa shape index (κ3) is 3.95. The summed E-state index contributed by atoms with van der Waals surface area (Å²) < 4.78 is 11.2. The maximum absolute atomic E-state index is 12.5. The molecule has 2 aromatic carbocycles. The van der Waals surface area contributed by atoms with Crippen LogP contribution in [-0.4, -0.2) is 18.6 Å². The monoisotopic (exact) mass is 325 g/mol. The molecule has 1 N–H and O–H groups in total. The standard InChI is InChI=1S/C20H23NO3/c1-14(2)24-13-15-7-9-16(10-8-15)20(22)21-18-11-12-23-19-6-4-3-5-17(18)19/h3-10,14,18H,11-13H2,1-2H3,(H,21,22)/t18-/m0/s1. The molecule has 126 valence electrons. The average molecular weight is 325 g/mol. The minimum Gasteiger partial charge on any atom is -0.493 e. The highest BCUT2D eigenvalue weighted by molar-refractivity contribution is 5.94. The summed E-state index contributed by atoms with van der Waals surface area (Å²) in [6.07, 6.45) is 0.977. The second-order valence-corrected chi connectivity index (χ2v) is 6.26. The molecule has 0 unspecified atom stereocenters. The molecule has 4 heteroatoms. The zero-order chi connectivity index (χ0) is 16.9. The van der Waals surface area contributed by atoms with E-state index in [1.807, 2.05) is 62.4 Å². The van der Waals surface area contributed by atoms with E-state index in [1.165, 1.54) is 0 Å². The first-order valence-electron chi connectivity index (χ1n) is 8.36. The lowest BCUT2D eigenvalue weighted by Crippen LogP contribution is -2.32. The van der Waals surface area contributed by atoms with E-state index in [4.69, 9.17) is 9.47 Å². The highest BCUT2D eigenvalue weighted by atomic mass is 16.5. The largest absolute Gasteiger partial charge is 0.493 e. The number of para-hydroxylation sites is 1. The number of amides is 1. The highest BCUT2D eigenvalue weighted by Crippen LogP contribution is 2.31. The normalized spacial score (nSPS) is 16.4. The van der Waals surface area contributed by atoms with Crippen molar-refractivity contribution in [1.82, 2.24) is 5.32 Å². The Labute approximate surface area is 142 Å². The lowest BCUT2D eigenvalue weighted by Gasteiger charge is -2.26. The molecule has 0 aliphatic carbocycles. The fourth-order valence-corrected chi connectivity index (χ4v) is 2.75. The van der Waals surface area contributed by atoms with Crippen molar-refractivity contribution < 1.29 is 14.3 Å². The van der Waals surface area contributed by atoms with Gasteiger partial charge in [-0.15, -0.1) is 0 Å². The fourth-order valence-electron chi connectivity index (χ4n) is 2.75. The van der Waals surface area contributed by atoms with Gasteiger partial charge in [-0.2, -0.15) is 0 Å². The molecule has 0 fully saturated rings. The van der Waals surface area contributed by atoms with Gasteiger partial charge < -0.3 is 14.8 Å². The Kier molecular flexibility index (Phi) is 5.16. The van der Waals surface area contributed by atoms with E-state index in [-0.39, 0.29) is 18.1 Å². The lowest BCUT2D eigenvalue weighted by atomic mass is 10.00. The molecule has 1 heterocycles. The van der Waals surface area contributed by atoms with Crippen LogP contribution in [0.15, 0.2) is 48.5 Å². The Bertz CT molecular complexity index is 694. The molecule has 0 spiro atoms. The van der Waals surface area contributed by atoms with Gasteiger partial charge in [0.15, 0.2) is 0 Å². The average Bonchev–Trinajstić information content (AvgIpc) is 2.60. The molecule has 1 amide bonds. The van der Waals surface area contributed by atoms with Crippen molar-refractivity contribution in [2.24, 2.45) is 0 Å². The van der Waals surface area contributed by atoms with Crippen LogP contribution in [0.2, 0.25) is 0 Å². The summed E-state index contributed by atoms with van der Waals surface area (Å²) >= 11 is 0. The number of carbonyl (C=O) groups excluding carboxylic acids is 1. The van der Waals surface area contributed by atoms with E-state index in [2.05, 4.69) is 5.32 Å². The Hall–Kier alpha value is -2.33. The van der Waals surface area contributed by atoms with Crippen molar-refractivity contribution in [3.8, 4) is 5.75 Å². The molecule has 0 bridgehead atoms. The van der Waals surface area contributed by atoms with Gasteiger partial charge in [-0.1, -0.05) is 30.3 Å². The van der Waals surface area contributed by atoms with Crippen molar-refractivity contribution in [3.05, 3.63) is 65.2 Å². The molecule has 1 aliphatic heterocycles. The van der Waals surface area contributed by atoms with E-state index in [9.17, 15) is 4.79 Å². The quantitative estimate of drug-likeness (QED) is 0.908. The van der Waals surface area contributed by atoms with E-state index in [1.54, 1.807) is 0 Å². The molecule has 0 saturated carbocycles. The van der Waals surface area contributed by atoms with Crippen molar-refractivity contribution in [3.63, 3.8) is 0 Å². The van der Waals surface area contributed by atoms with Gasteiger partial charge in [-0.25, -0.2) is 0 Å². The van der Waals surface area contributed by atoms with Crippen LogP contribution in [0.3, 0.4) is 0 Å². The summed E-state index contributed by atoms with van der Waals surface area (Å²) in [5, 5.41) is 3.11. The maximum atomic E-state index is 12.5. The Morgan fingerprint density at radius 1 is 1.21 bits per heavy atom. The molecule has 0 aromatic heterocycles. The smallest absolute Gasteiger partial charge is 0.251 e. The van der Waals surface area contributed by atoms with E-state index in [0.717, 1.165) is 23.3 Å². The van der Waals surface area contributed by atoms with Gasteiger partial charge in [0.2, 0.25) is 0 Å². The summed E-state index contributed by atoms with van der Waals surface area (Å²) in [5.74, 6) is 0.795. The van der Waals surface area contributed by atoms with Crippen molar-refractivity contribution in [1.29, 1.82) is 0 Å². The first kappa shape index (κ1) is 16.5. The molecule has 1 aliphatic rings. The lowest BCUT2D eigenvalue weighted by molar-refractivity contribution is 0.0656. The van der Waals surface area contributed by atoms with Gasteiger partial charge in [-0.3, -0.25) is 4.79 Å². The Morgan fingerprint density at radius 2 is 1.96 bits per heavy atom. The van der Waals surface area contributed by atoms with Crippen molar-refractivity contribution >= 4 is 5.91 Å². The van der Waals surface area contributed by atoms with Gasteiger partial charge in [0.1, 0.15) is 5.75 Å². The maximum Gasteiger partial charge on any atom is 0.251 e. The zero-order valence-corrected chi connectivity index (χ0v) is 14.1. The third-order valence-corrected chi connectivity index (χ3v) is 4.06.